The third kappa shape index (κ3) is 2.23. The number of aromatic hydroxyl groups is 1. The minimum Gasteiger partial charge on any atom is -0.508 e. The number of phenols is 1. The molecule has 0 spiro atoms. The van der Waals surface area contributed by atoms with E-state index in [2.05, 4.69) is 14.9 Å². The van der Waals surface area contributed by atoms with E-state index in [1.807, 2.05) is 24.3 Å². The lowest BCUT2D eigenvalue weighted by molar-refractivity contribution is 0.395. The highest BCUT2D eigenvalue weighted by molar-refractivity contribution is 5.74. The molecule has 1 aromatic carbocycles. The van der Waals surface area contributed by atoms with Crippen molar-refractivity contribution < 1.29 is 5.11 Å². The molecule has 0 aliphatic carbocycles. The summed E-state index contributed by atoms with van der Waals surface area (Å²) in [5.41, 5.74) is 2.73. The summed E-state index contributed by atoms with van der Waals surface area (Å²) >= 11 is 0. The van der Waals surface area contributed by atoms with Crippen molar-refractivity contribution in [3.63, 3.8) is 0 Å². The van der Waals surface area contributed by atoms with Gasteiger partial charge in [0.05, 0.1) is 6.04 Å². The number of nitrogens with one attached hydrogen (secondary N) is 1. The molecule has 1 atom stereocenters. The van der Waals surface area contributed by atoms with E-state index in [0.29, 0.717) is 0 Å². The molecule has 4 rings (SSSR count). The van der Waals surface area contributed by atoms with Crippen LogP contribution >= 0.6 is 0 Å². The summed E-state index contributed by atoms with van der Waals surface area (Å²) in [6.45, 7) is 1.02. The van der Waals surface area contributed by atoms with Crippen molar-refractivity contribution in [2.24, 2.45) is 0 Å². The standard InChI is InChI=1S/C17H18N4O/c22-13-8-6-12(7-9-13)21-16-15(5-3-11-19-16)20-17(21)14-4-1-2-10-18-14/h3,5-9,11,14,18,22H,1-2,4,10H2. The Morgan fingerprint density at radius 3 is 2.77 bits per heavy atom. The molecule has 1 unspecified atom stereocenters. The Labute approximate surface area is 128 Å². The van der Waals surface area contributed by atoms with Gasteiger partial charge in [0.1, 0.15) is 17.1 Å². The van der Waals surface area contributed by atoms with Crippen molar-refractivity contribution >= 4 is 11.2 Å². The number of nitrogens with zero attached hydrogens (tertiary/aromatic N) is 3. The first-order valence-corrected chi connectivity index (χ1v) is 7.69. The molecule has 3 heterocycles. The van der Waals surface area contributed by atoms with Crippen molar-refractivity contribution in [1.82, 2.24) is 19.9 Å². The van der Waals surface area contributed by atoms with E-state index in [0.717, 1.165) is 35.6 Å². The number of pyridine rings is 1. The normalized spacial score (nSPS) is 18.6. The van der Waals surface area contributed by atoms with Gasteiger partial charge in [-0.25, -0.2) is 9.97 Å². The van der Waals surface area contributed by atoms with Gasteiger partial charge in [-0.05, 0) is 55.8 Å². The van der Waals surface area contributed by atoms with Crippen LogP contribution in [0, 0.1) is 0 Å². The second-order valence-electron chi connectivity index (χ2n) is 5.67. The van der Waals surface area contributed by atoms with Crippen LogP contribution in [0.4, 0.5) is 0 Å². The van der Waals surface area contributed by atoms with Crippen LogP contribution in [0.3, 0.4) is 0 Å². The third-order valence-corrected chi connectivity index (χ3v) is 4.17. The van der Waals surface area contributed by atoms with Crippen LogP contribution in [0.5, 0.6) is 5.75 Å². The Morgan fingerprint density at radius 2 is 2.00 bits per heavy atom. The van der Waals surface area contributed by atoms with E-state index in [1.54, 1.807) is 18.3 Å². The number of piperidine rings is 1. The Kier molecular flexibility index (Phi) is 3.27. The van der Waals surface area contributed by atoms with Crippen LogP contribution < -0.4 is 5.32 Å². The second kappa shape index (κ2) is 5.42. The number of imidazole rings is 1. The minimum absolute atomic E-state index is 0.247. The van der Waals surface area contributed by atoms with Gasteiger partial charge >= 0.3 is 0 Å². The first kappa shape index (κ1) is 13.3. The summed E-state index contributed by atoms with van der Waals surface area (Å²) in [6, 6.07) is 11.3. The van der Waals surface area contributed by atoms with Crippen molar-refractivity contribution in [3.05, 3.63) is 48.4 Å². The van der Waals surface area contributed by atoms with Gasteiger partial charge in [0, 0.05) is 11.9 Å². The van der Waals surface area contributed by atoms with E-state index in [4.69, 9.17) is 4.98 Å². The van der Waals surface area contributed by atoms with Gasteiger partial charge in [0.15, 0.2) is 5.65 Å². The number of rotatable bonds is 2. The molecule has 1 fully saturated rings. The van der Waals surface area contributed by atoms with E-state index in [1.165, 1.54) is 12.8 Å². The molecule has 0 bridgehead atoms. The molecule has 5 heteroatoms. The quantitative estimate of drug-likeness (QED) is 0.763. The highest BCUT2D eigenvalue weighted by atomic mass is 16.3. The molecule has 5 nitrogen and oxygen atoms in total. The zero-order chi connectivity index (χ0) is 14.9. The number of benzene rings is 1. The predicted molar refractivity (Wildman–Crippen MR) is 85.1 cm³/mol. The van der Waals surface area contributed by atoms with Gasteiger partial charge in [0.2, 0.25) is 0 Å². The smallest absolute Gasteiger partial charge is 0.164 e. The molecule has 0 amide bonds. The average Bonchev–Trinajstić information content (AvgIpc) is 2.96. The maximum Gasteiger partial charge on any atom is 0.164 e. The molecule has 112 valence electrons. The maximum atomic E-state index is 9.53. The highest BCUT2D eigenvalue weighted by Crippen LogP contribution is 2.28. The average molecular weight is 294 g/mol. The van der Waals surface area contributed by atoms with Crippen molar-refractivity contribution in [1.29, 1.82) is 0 Å². The lowest BCUT2D eigenvalue weighted by Gasteiger charge is -2.23. The summed E-state index contributed by atoms with van der Waals surface area (Å²) in [4.78, 5) is 9.32. The van der Waals surface area contributed by atoms with Crippen LogP contribution in [0.1, 0.15) is 31.1 Å². The van der Waals surface area contributed by atoms with Crippen molar-refractivity contribution in [3.8, 4) is 11.4 Å². The summed E-state index contributed by atoms with van der Waals surface area (Å²) in [6.07, 6.45) is 5.30. The van der Waals surface area contributed by atoms with E-state index in [9.17, 15) is 5.11 Å². The number of aromatic nitrogens is 3. The molecule has 2 N–H and O–H groups in total. The Balaban J connectivity index is 1.91. The number of hydrogen-bond acceptors (Lipinski definition) is 4. The maximum absolute atomic E-state index is 9.53. The Morgan fingerprint density at radius 1 is 1.14 bits per heavy atom. The van der Waals surface area contributed by atoms with Gasteiger partial charge in [0.25, 0.3) is 0 Å². The molecule has 0 radical (unpaired) electrons. The van der Waals surface area contributed by atoms with E-state index >= 15 is 0 Å². The monoisotopic (exact) mass is 294 g/mol. The Hall–Kier alpha value is -2.40. The Bertz CT molecular complexity index is 788. The molecule has 2 aromatic heterocycles. The fraction of sp³-hybridized carbons (Fsp3) is 0.294. The summed E-state index contributed by atoms with van der Waals surface area (Å²) in [5, 5.41) is 13.1. The van der Waals surface area contributed by atoms with E-state index < -0.39 is 0 Å². The van der Waals surface area contributed by atoms with Crippen LogP contribution in [0.15, 0.2) is 42.6 Å². The van der Waals surface area contributed by atoms with Gasteiger partial charge in [-0.15, -0.1) is 0 Å². The van der Waals surface area contributed by atoms with Crippen LogP contribution in [-0.4, -0.2) is 26.2 Å². The van der Waals surface area contributed by atoms with Gasteiger partial charge in [-0.1, -0.05) is 6.42 Å². The fourth-order valence-corrected chi connectivity index (χ4v) is 3.09. The molecule has 3 aromatic rings. The summed E-state index contributed by atoms with van der Waals surface area (Å²) in [5.74, 6) is 1.26. The molecule has 1 aliphatic rings. The third-order valence-electron chi connectivity index (χ3n) is 4.17. The minimum atomic E-state index is 0.247. The lowest BCUT2D eigenvalue weighted by Crippen LogP contribution is -2.29. The zero-order valence-corrected chi connectivity index (χ0v) is 12.2. The van der Waals surface area contributed by atoms with Crippen LogP contribution in [-0.2, 0) is 0 Å². The zero-order valence-electron chi connectivity index (χ0n) is 12.2. The first-order chi connectivity index (χ1) is 10.8. The van der Waals surface area contributed by atoms with Crippen LogP contribution in [0.25, 0.3) is 16.9 Å². The SMILES string of the molecule is Oc1ccc(-n2c(C3CCCCN3)nc3cccnc32)cc1. The summed E-state index contributed by atoms with van der Waals surface area (Å²) in [7, 11) is 0. The number of fused-ring (bicyclic) bond motifs is 1. The molecule has 1 saturated heterocycles. The highest BCUT2D eigenvalue weighted by Gasteiger charge is 2.23. The second-order valence-corrected chi connectivity index (χ2v) is 5.67. The fourth-order valence-electron chi connectivity index (χ4n) is 3.09. The van der Waals surface area contributed by atoms with Gasteiger partial charge in [-0.2, -0.15) is 0 Å². The van der Waals surface area contributed by atoms with Crippen LogP contribution in [0.2, 0.25) is 0 Å². The topological polar surface area (TPSA) is 63.0 Å². The largest absolute Gasteiger partial charge is 0.508 e. The predicted octanol–water partition coefficient (Wildman–Crippen LogP) is 2.94. The number of phenolic OH excluding ortho intramolecular Hbond substituents is 1. The summed E-state index contributed by atoms with van der Waals surface area (Å²) < 4.78 is 2.09. The van der Waals surface area contributed by atoms with Crippen molar-refractivity contribution in [2.45, 2.75) is 25.3 Å². The molecular formula is C17H18N4O. The molecular weight excluding hydrogens is 276 g/mol. The molecule has 1 aliphatic heterocycles. The number of hydrogen-bond donors (Lipinski definition) is 2. The van der Waals surface area contributed by atoms with Gasteiger partial charge < -0.3 is 10.4 Å². The van der Waals surface area contributed by atoms with Crippen molar-refractivity contribution in [2.75, 3.05) is 6.54 Å². The van der Waals surface area contributed by atoms with E-state index in [-0.39, 0.29) is 11.8 Å². The lowest BCUT2D eigenvalue weighted by atomic mass is 10.0. The molecule has 22 heavy (non-hydrogen) atoms. The first-order valence-electron chi connectivity index (χ1n) is 7.69. The molecule has 0 saturated carbocycles. The van der Waals surface area contributed by atoms with Gasteiger partial charge in [-0.3, -0.25) is 4.57 Å².